The van der Waals surface area contributed by atoms with Crippen LogP contribution < -0.4 is 4.90 Å². The number of nitrogens with zero attached hydrogens (tertiary/aromatic N) is 6. The summed E-state index contributed by atoms with van der Waals surface area (Å²) in [5.74, 6) is 0.0136. The minimum absolute atomic E-state index is 0.0136. The third-order valence-corrected chi connectivity index (χ3v) is 6.63. The van der Waals surface area contributed by atoms with Gasteiger partial charge in [0.2, 0.25) is 0 Å². The van der Waals surface area contributed by atoms with Crippen molar-refractivity contribution in [2.75, 3.05) is 18.0 Å². The van der Waals surface area contributed by atoms with Crippen LogP contribution in [0, 0.1) is 6.92 Å². The molecule has 1 unspecified atom stereocenters. The zero-order valence-electron chi connectivity index (χ0n) is 17.5. The minimum Gasteiger partial charge on any atom is -0.423 e. The Kier molecular flexibility index (Phi) is 4.43. The van der Waals surface area contributed by atoms with Crippen LogP contribution in [0.1, 0.15) is 28.8 Å². The molecule has 4 aromatic rings. The van der Waals surface area contributed by atoms with E-state index in [2.05, 4.69) is 20.1 Å². The first kappa shape index (κ1) is 19.3. The average molecular weight is 449 g/mol. The SMILES string of the molecule is Cc1ccc(-n2nccn2)c(C(=O)N2C[C@@H]3CC2CCN3c2nc3cc(Cl)ccc3o2)c1. The Balaban J connectivity index is 1.29. The number of halogens is 1. The highest BCUT2D eigenvalue weighted by molar-refractivity contribution is 6.31. The van der Waals surface area contributed by atoms with E-state index in [9.17, 15) is 4.79 Å². The summed E-state index contributed by atoms with van der Waals surface area (Å²) < 4.78 is 6.01. The fraction of sp³-hybridized carbons (Fsp3) is 0.304. The van der Waals surface area contributed by atoms with E-state index in [4.69, 9.17) is 16.0 Å². The number of aryl methyl sites for hydroxylation is 1. The summed E-state index contributed by atoms with van der Waals surface area (Å²) in [6.07, 6.45) is 4.99. The lowest BCUT2D eigenvalue weighted by Gasteiger charge is -2.31. The molecule has 1 amide bonds. The molecule has 0 N–H and O–H groups in total. The van der Waals surface area contributed by atoms with Crippen molar-refractivity contribution in [2.24, 2.45) is 0 Å². The molecule has 8 nitrogen and oxygen atoms in total. The van der Waals surface area contributed by atoms with E-state index in [-0.39, 0.29) is 18.0 Å². The molecular formula is C23H21ClN6O2. The monoisotopic (exact) mass is 448 g/mol. The molecule has 0 saturated carbocycles. The number of amides is 1. The number of fused-ring (bicyclic) bond motifs is 3. The number of piperidine rings is 1. The molecule has 32 heavy (non-hydrogen) atoms. The van der Waals surface area contributed by atoms with Gasteiger partial charge in [0.1, 0.15) is 5.52 Å². The highest BCUT2D eigenvalue weighted by Crippen LogP contribution is 2.36. The van der Waals surface area contributed by atoms with Gasteiger partial charge in [-0.05, 0) is 50.1 Å². The topological polar surface area (TPSA) is 80.3 Å². The number of carbonyl (C=O) groups excluding carboxylic acids is 1. The third-order valence-electron chi connectivity index (χ3n) is 6.40. The molecular weight excluding hydrogens is 428 g/mol. The van der Waals surface area contributed by atoms with Crippen molar-refractivity contribution in [1.82, 2.24) is 24.9 Å². The molecule has 9 heteroatoms. The lowest BCUT2D eigenvalue weighted by molar-refractivity contribution is 0.0735. The van der Waals surface area contributed by atoms with E-state index < -0.39 is 0 Å². The first-order chi connectivity index (χ1) is 15.6. The predicted octanol–water partition coefficient (Wildman–Crippen LogP) is 3.86. The van der Waals surface area contributed by atoms with Gasteiger partial charge < -0.3 is 14.2 Å². The summed E-state index contributed by atoms with van der Waals surface area (Å²) in [7, 11) is 0. The van der Waals surface area contributed by atoms with E-state index in [1.807, 2.05) is 42.2 Å². The van der Waals surface area contributed by atoms with Gasteiger partial charge in [-0.15, -0.1) is 0 Å². The fourth-order valence-electron chi connectivity index (χ4n) is 4.86. The smallest absolute Gasteiger partial charge is 0.298 e. The van der Waals surface area contributed by atoms with Crippen molar-refractivity contribution in [3.05, 3.63) is 64.9 Å². The number of likely N-dealkylation sites (tertiary alicyclic amines) is 1. The van der Waals surface area contributed by atoms with Gasteiger partial charge in [-0.3, -0.25) is 4.79 Å². The second-order valence-electron chi connectivity index (χ2n) is 8.43. The molecule has 2 fully saturated rings. The number of aromatic nitrogens is 4. The van der Waals surface area contributed by atoms with Crippen molar-refractivity contribution in [3.63, 3.8) is 0 Å². The first-order valence-corrected chi connectivity index (χ1v) is 11.1. The molecule has 2 saturated heterocycles. The molecule has 2 atom stereocenters. The van der Waals surface area contributed by atoms with Crippen LogP contribution in [-0.2, 0) is 0 Å². The largest absolute Gasteiger partial charge is 0.423 e. The normalized spacial score (nSPS) is 20.3. The van der Waals surface area contributed by atoms with Gasteiger partial charge in [-0.1, -0.05) is 23.2 Å². The van der Waals surface area contributed by atoms with Crippen LogP contribution in [0.25, 0.3) is 16.8 Å². The van der Waals surface area contributed by atoms with Crippen LogP contribution >= 0.6 is 11.6 Å². The Morgan fingerprint density at radius 2 is 1.97 bits per heavy atom. The fourth-order valence-corrected chi connectivity index (χ4v) is 5.03. The minimum atomic E-state index is 0.0136. The van der Waals surface area contributed by atoms with E-state index in [0.717, 1.165) is 30.5 Å². The maximum absolute atomic E-state index is 13.7. The van der Waals surface area contributed by atoms with Crippen LogP contribution in [0.5, 0.6) is 0 Å². The summed E-state index contributed by atoms with van der Waals surface area (Å²) in [4.78, 5) is 24.0. The number of hydrogen-bond donors (Lipinski definition) is 0. The van der Waals surface area contributed by atoms with E-state index >= 15 is 0 Å². The number of anilines is 1. The van der Waals surface area contributed by atoms with Gasteiger partial charge >= 0.3 is 0 Å². The second kappa shape index (κ2) is 7.34. The first-order valence-electron chi connectivity index (χ1n) is 10.7. The molecule has 4 heterocycles. The number of hydrogen-bond acceptors (Lipinski definition) is 6. The van der Waals surface area contributed by atoms with Gasteiger partial charge in [0, 0.05) is 24.2 Å². The van der Waals surface area contributed by atoms with Gasteiger partial charge in [0.15, 0.2) is 5.58 Å². The van der Waals surface area contributed by atoms with Gasteiger partial charge in [0.05, 0.1) is 29.7 Å². The Morgan fingerprint density at radius 1 is 1.12 bits per heavy atom. The molecule has 2 aromatic carbocycles. The number of oxazole rings is 1. The van der Waals surface area contributed by atoms with Gasteiger partial charge in [-0.25, -0.2) is 0 Å². The molecule has 6 rings (SSSR count). The van der Waals surface area contributed by atoms with E-state index in [1.54, 1.807) is 18.5 Å². The zero-order valence-corrected chi connectivity index (χ0v) is 18.2. The Hall–Kier alpha value is -3.39. The summed E-state index contributed by atoms with van der Waals surface area (Å²) >= 11 is 6.10. The van der Waals surface area contributed by atoms with E-state index in [0.29, 0.717) is 34.4 Å². The third kappa shape index (κ3) is 3.14. The lowest BCUT2D eigenvalue weighted by atomic mass is 10.0. The highest BCUT2D eigenvalue weighted by Gasteiger charge is 2.43. The van der Waals surface area contributed by atoms with Crippen LogP contribution in [0.15, 0.2) is 53.2 Å². The molecule has 2 aliphatic heterocycles. The summed E-state index contributed by atoms with van der Waals surface area (Å²) in [5, 5.41) is 9.09. The number of benzene rings is 2. The van der Waals surface area contributed by atoms with E-state index in [1.165, 1.54) is 4.80 Å². The summed E-state index contributed by atoms with van der Waals surface area (Å²) in [6.45, 7) is 3.41. The van der Waals surface area contributed by atoms with Crippen LogP contribution in [0.4, 0.5) is 6.01 Å². The Labute approximate surface area is 189 Å². The lowest BCUT2D eigenvalue weighted by Crippen LogP contribution is -2.40. The van der Waals surface area contributed by atoms with Crippen molar-refractivity contribution < 1.29 is 9.21 Å². The van der Waals surface area contributed by atoms with Crippen molar-refractivity contribution in [3.8, 4) is 5.69 Å². The molecule has 0 spiro atoms. The molecule has 2 aliphatic rings. The number of rotatable bonds is 3. The Bertz CT molecular complexity index is 1320. The van der Waals surface area contributed by atoms with Crippen molar-refractivity contribution in [1.29, 1.82) is 0 Å². The summed E-state index contributed by atoms with van der Waals surface area (Å²) in [5.41, 5.74) is 3.81. The highest BCUT2D eigenvalue weighted by atomic mass is 35.5. The van der Waals surface area contributed by atoms with Crippen LogP contribution in [0.2, 0.25) is 5.02 Å². The van der Waals surface area contributed by atoms with Crippen molar-refractivity contribution >= 4 is 34.6 Å². The summed E-state index contributed by atoms with van der Waals surface area (Å²) in [6, 6.07) is 12.2. The average Bonchev–Trinajstić information content (AvgIpc) is 3.52. The molecule has 162 valence electrons. The quantitative estimate of drug-likeness (QED) is 0.473. The van der Waals surface area contributed by atoms with Crippen LogP contribution in [0.3, 0.4) is 0 Å². The standard InChI is InChI=1S/C23H21ClN6O2/c1-14-2-4-20(30-25-7-8-26-30)18(10-14)22(31)29-13-17-12-16(29)6-9-28(17)23-27-19-11-15(24)3-5-21(19)32-23/h2-5,7-8,10-11,16-17H,6,9,12-13H2,1H3/t16?,17-/m0/s1. The Morgan fingerprint density at radius 3 is 2.81 bits per heavy atom. The molecule has 2 bridgehead atoms. The number of carbonyl (C=O) groups is 1. The maximum Gasteiger partial charge on any atom is 0.298 e. The predicted molar refractivity (Wildman–Crippen MR) is 120 cm³/mol. The van der Waals surface area contributed by atoms with Crippen molar-refractivity contribution in [2.45, 2.75) is 31.8 Å². The molecule has 2 aromatic heterocycles. The van der Waals surface area contributed by atoms with Gasteiger partial charge in [0.25, 0.3) is 11.9 Å². The van der Waals surface area contributed by atoms with Gasteiger partial charge in [-0.2, -0.15) is 20.0 Å². The molecule has 0 radical (unpaired) electrons. The maximum atomic E-state index is 13.7. The second-order valence-corrected chi connectivity index (χ2v) is 8.87. The zero-order chi connectivity index (χ0) is 21.8. The van der Waals surface area contributed by atoms with Crippen LogP contribution in [-0.4, -0.2) is 56.0 Å². The molecule has 0 aliphatic carbocycles.